The Morgan fingerprint density at radius 1 is 1.38 bits per heavy atom. The second-order valence-electron chi connectivity index (χ2n) is 3.49. The summed E-state index contributed by atoms with van der Waals surface area (Å²) in [5, 5.41) is 0. The van der Waals surface area contributed by atoms with E-state index in [1.807, 2.05) is 0 Å². The van der Waals surface area contributed by atoms with Crippen LogP contribution in [-0.4, -0.2) is 30.7 Å². The van der Waals surface area contributed by atoms with Crippen molar-refractivity contribution in [2.45, 2.75) is 18.6 Å². The minimum absolute atomic E-state index is 0. The van der Waals surface area contributed by atoms with E-state index in [1.165, 1.54) is 0 Å². The molecule has 0 amide bonds. The fourth-order valence-electron chi connectivity index (χ4n) is 1.63. The molecule has 0 fully saturated rings. The zero-order chi connectivity index (χ0) is 10.2. The van der Waals surface area contributed by atoms with Crippen molar-refractivity contribution in [1.29, 1.82) is 0 Å². The normalized spacial score (nSPS) is 16.8. The number of nitrogens with two attached hydrogens (primary N) is 1. The van der Waals surface area contributed by atoms with Crippen LogP contribution in [0.4, 0.5) is 0 Å². The van der Waals surface area contributed by atoms with E-state index in [0.29, 0.717) is 19.4 Å². The Hall–Kier alpha value is 0.0800. The van der Waals surface area contributed by atoms with Gasteiger partial charge >= 0.3 is 0 Å². The van der Waals surface area contributed by atoms with Gasteiger partial charge < -0.3 is 10.7 Å². The maximum absolute atomic E-state index is 11.3. The summed E-state index contributed by atoms with van der Waals surface area (Å²) in [7, 11) is -2.90. The number of halogens is 2. The monoisotopic (exact) mass is 375 g/mol. The van der Waals surface area contributed by atoms with Gasteiger partial charge in [0.15, 0.2) is 9.84 Å². The third-order valence-electron chi connectivity index (χ3n) is 2.31. The SMILES string of the molecule is Br.Br.NCCc1nc2c([nH]1)CS(=O)(=O)CC2. The Morgan fingerprint density at radius 2 is 2.06 bits per heavy atom. The number of aromatic amines is 1. The number of nitrogens with one attached hydrogen (secondary N) is 1. The Kier molecular flexibility index (Phi) is 6.16. The molecule has 0 aliphatic carbocycles. The van der Waals surface area contributed by atoms with Crippen LogP contribution in [0.5, 0.6) is 0 Å². The summed E-state index contributed by atoms with van der Waals surface area (Å²) in [5.74, 6) is 1.11. The average molecular weight is 377 g/mol. The van der Waals surface area contributed by atoms with E-state index in [2.05, 4.69) is 9.97 Å². The lowest BCUT2D eigenvalue weighted by Crippen LogP contribution is -2.18. The van der Waals surface area contributed by atoms with E-state index in [0.717, 1.165) is 17.2 Å². The quantitative estimate of drug-likeness (QED) is 0.788. The van der Waals surface area contributed by atoms with E-state index < -0.39 is 9.84 Å². The molecule has 94 valence electrons. The standard InChI is InChI=1S/C8H13N3O2S.2BrH/c9-3-1-8-10-6-2-4-14(12,13)5-7(6)11-8;;/h1-5,9H2,(H,10,11);2*1H. The molecular weight excluding hydrogens is 362 g/mol. The first-order valence-electron chi connectivity index (χ1n) is 4.58. The highest BCUT2D eigenvalue weighted by molar-refractivity contribution is 8.93. The zero-order valence-electron chi connectivity index (χ0n) is 8.60. The highest BCUT2D eigenvalue weighted by atomic mass is 79.9. The van der Waals surface area contributed by atoms with Gasteiger partial charge in [-0.3, -0.25) is 0 Å². The van der Waals surface area contributed by atoms with Crippen molar-refractivity contribution in [1.82, 2.24) is 9.97 Å². The number of aromatic nitrogens is 2. The van der Waals surface area contributed by atoms with Crippen molar-refractivity contribution in [2.24, 2.45) is 5.73 Å². The predicted molar refractivity (Wildman–Crippen MR) is 73.2 cm³/mol. The molecule has 1 aromatic heterocycles. The van der Waals surface area contributed by atoms with Gasteiger partial charge in [0, 0.05) is 12.8 Å². The maximum Gasteiger partial charge on any atom is 0.156 e. The van der Waals surface area contributed by atoms with E-state index in [1.54, 1.807) is 0 Å². The Balaban J connectivity index is 0.00000112. The molecule has 1 aromatic rings. The number of nitrogens with zero attached hydrogens (tertiary/aromatic N) is 1. The van der Waals surface area contributed by atoms with Crippen LogP contribution in [0.2, 0.25) is 0 Å². The van der Waals surface area contributed by atoms with E-state index in [4.69, 9.17) is 5.73 Å². The fourth-order valence-corrected chi connectivity index (χ4v) is 2.96. The highest BCUT2D eigenvalue weighted by Crippen LogP contribution is 2.18. The maximum atomic E-state index is 11.3. The summed E-state index contributed by atoms with van der Waals surface area (Å²) < 4.78 is 22.6. The summed E-state index contributed by atoms with van der Waals surface area (Å²) in [5.41, 5.74) is 7.04. The molecule has 8 heteroatoms. The number of rotatable bonds is 2. The summed E-state index contributed by atoms with van der Waals surface area (Å²) in [6.07, 6.45) is 1.20. The smallest absolute Gasteiger partial charge is 0.156 e. The molecule has 5 nitrogen and oxygen atoms in total. The van der Waals surface area contributed by atoms with Crippen molar-refractivity contribution in [3.05, 3.63) is 17.2 Å². The molecule has 0 aromatic carbocycles. The number of fused-ring (bicyclic) bond motifs is 1. The Morgan fingerprint density at radius 3 is 2.69 bits per heavy atom. The molecule has 1 aliphatic rings. The second-order valence-corrected chi connectivity index (χ2v) is 5.67. The van der Waals surface area contributed by atoms with E-state index in [-0.39, 0.29) is 45.5 Å². The molecule has 16 heavy (non-hydrogen) atoms. The molecule has 0 atom stereocenters. The molecular formula is C8H15Br2N3O2S. The molecule has 0 radical (unpaired) electrons. The number of aryl methyl sites for hydroxylation is 1. The summed E-state index contributed by atoms with van der Waals surface area (Å²) in [6.45, 7) is 0.527. The number of sulfone groups is 1. The van der Waals surface area contributed by atoms with Crippen LogP contribution >= 0.6 is 34.0 Å². The number of H-pyrrole nitrogens is 1. The lowest BCUT2D eigenvalue weighted by molar-refractivity contribution is 0.590. The van der Waals surface area contributed by atoms with Gasteiger partial charge in [-0.1, -0.05) is 0 Å². The summed E-state index contributed by atoms with van der Waals surface area (Å²) in [6, 6.07) is 0. The first-order chi connectivity index (χ1) is 6.61. The molecule has 0 saturated carbocycles. The minimum Gasteiger partial charge on any atom is -0.345 e. The minimum atomic E-state index is -2.90. The third-order valence-corrected chi connectivity index (χ3v) is 3.86. The predicted octanol–water partition coefficient (Wildman–Crippen LogP) is 0.538. The second kappa shape index (κ2) is 6.13. The highest BCUT2D eigenvalue weighted by Gasteiger charge is 2.24. The zero-order valence-corrected chi connectivity index (χ0v) is 12.8. The van der Waals surface area contributed by atoms with Crippen molar-refractivity contribution in [2.75, 3.05) is 12.3 Å². The molecule has 0 spiro atoms. The van der Waals surface area contributed by atoms with Gasteiger partial charge in [-0.25, -0.2) is 13.4 Å². The molecule has 0 unspecified atom stereocenters. The molecule has 0 bridgehead atoms. The van der Waals surface area contributed by atoms with Crippen LogP contribution in [0.15, 0.2) is 0 Å². The number of hydrogen-bond donors (Lipinski definition) is 2. The van der Waals surface area contributed by atoms with Gasteiger partial charge in [-0.05, 0) is 6.54 Å². The third kappa shape index (κ3) is 3.54. The molecule has 1 aliphatic heterocycles. The molecule has 3 N–H and O–H groups in total. The van der Waals surface area contributed by atoms with Crippen molar-refractivity contribution < 1.29 is 8.42 Å². The van der Waals surface area contributed by atoms with Gasteiger partial charge in [-0.2, -0.15) is 0 Å². The first-order valence-corrected chi connectivity index (χ1v) is 6.40. The molecule has 2 rings (SSSR count). The van der Waals surface area contributed by atoms with E-state index in [9.17, 15) is 8.42 Å². The van der Waals surface area contributed by atoms with Crippen molar-refractivity contribution >= 4 is 43.8 Å². The van der Waals surface area contributed by atoms with Crippen LogP contribution in [-0.2, 0) is 28.4 Å². The van der Waals surface area contributed by atoms with Gasteiger partial charge in [0.05, 0.1) is 22.9 Å². The summed E-state index contributed by atoms with van der Waals surface area (Å²) in [4.78, 5) is 7.33. The van der Waals surface area contributed by atoms with E-state index >= 15 is 0 Å². The van der Waals surface area contributed by atoms with Gasteiger partial charge in [0.25, 0.3) is 0 Å². The van der Waals surface area contributed by atoms with Crippen molar-refractivity contribution in [3.63, 3.8) is 0 Å². The van der Waals surface area contributed by atoms with Crippen LogP contribution < -0.4 is 5.73 Å². The van der Waals surface area contributed by atoms with Crippen LogP contribution in [0.1, 0.15) is 17.2 Å². The van der Waals surface area contributed by atoms with Crippen LogP contribution in [0.25, 0.3) is 0 Å². The molecule has 0 saturated heterocycles. The van der Waals surface area contributed by atoms with Crippen molar-refractivity contribution in [3.8, 4) is 0 Å². The van der Waals surface area contributed by atoms with Crippen LogP contribution in [0.3, 0.4) is 0 Å². The lowest BCUT2D eigenvalue weighted by atomic mass is 10.3. The largest absolute Gasteiger partial charge is 0.345 e. The lowest BCUT2D eigenvalue weighted by Gasteiger charge is -2.09. The van der Waals surface area contributed by atoms with Gasteiger partial charge in [0.2, 0.25) is 0 Å². The Labute approximate surface area is 116 Å². The first kappa shape index (κ1) is 16.1. The topological polar surface area (TPSA) is 88.8 Å². The van der Waals surface area contributed by atoms with Gasteiger partial charge in [0.1, 0.15) is 5.82 Å². The Bertz CT molecular complexity index is 444. The average Bonchev–Trinajstić information content (AvgIpc) is 2.45. The van der Waals surface area contributed by atoms with Crippen LogP contribution in [0, 0.1) is 0 Å². The fraction of sp³-hybridized carbons (Fsp3) is 0.625. The molecule has 2 heterocycles. The van der Waals surface area contributed by atoms with Gasteiger partial charge in [-0.15, -0.1) is 34.0 Å². The number of imidazole rings is 1. The number of hydrogen-bond acceptors (Lipinski definition) is 4. The summed E-state index contributed by atoms with van der Waals surface area (Å²) >= 11 is 0.